The monoisotopic (exact) mass is 263 g/mol. The van der Waals surface area contributed by atoms with Crippen molar-refractivity contribution in [2.24, 2.45) is 5.41 Å². The Morgan fingerprint density at radius 3 is 2.26 bits per heavy atom. The predicted octanol–water partition coefficient (Wildman–Crippen LogP) is 1.35. The van der Waals surface area contributed by atoms with Gasteiger partial charge in [-0.3, -0.25) is 14.6 Å². The molecule has 1 aliphatic rings. The lowest BCUT2D eigenvalue weighted by Crippen LogP contribution is -2.41. The maximum atomic E-state index is 11.9. The number of aromatic nitrogens is 1. The number of pyridine rings is 1. The summed E-state index contributed by atoms with van der Waals surface area (Å²) in [5.74, 6) is -1.82. The van der Waals surface area contributed by atoms with Crippen LogP contribution in [0.2, 0.25) is 0 Å². The van der Waals surface area contributed by atoms with E-state index in [1.807, 2.05) is 20.8 Å². The molecule has 1 aliphatic carbocycles. The quantitative estimate of drug-likeness (QED) is 0.644. The normalized spacial score (nSPS) is 21.1. The molecule has 0 saturated carbocycles. The minimum atomic E-state index is -1.50. The van der Waals surface area contributed by atoms with Crippen LogP contribution in [0.4, 0.5) is 0 Å². The van der Waals surface area contributed by atoms with Crippen molar-refractivity contribution in [3.8, 4) is 0 Å². The first-order chi connectivity index (χ1) is 8.83. The molecule has 1 N–H and O–H groups in total. The van der Waals surface area contributed by atoms with Gasteiger partial charge in [-0.25, -0.2) is 0 Å². The Morgan fingerprint density at radius 2 is 1.74 bits per heavy atom. The summed E-state index contributed by atoms with van der Waals surface area (Å²) in [5.41, 5.74) is 2.94. The Labute approximate surface area is 111 Å². The molecule has 1 aromatic heterocycles. The van der Waals surface area contributed by atoms with Crippen molar-refractivity contribution in [3.05, 3.63) is 28.1 Å². The van der Waals surface area contributed by atoms with Crippen molar-refractivity contribution in [3.63, 3.8) is 0 Å². The van der Waals surface area contributed by atoms with Crippen LogP contribution in [0.15, 0.2) is 0 Å². The highest BCUT2D eigenvalue weighted by Crippen LogP contribution is 2.41. The molecule has 0 aliphatic heterocycles. The molecule has 0 aromatic carbocycles. The molecule has 0 bridgehead atoms. The van der Waals surface area contributed by atoms with Gasteiger partial charge in [0.15, 0.2) is 5.41 Å². The van der Waals surface area contributed by atoms with Gasteiger partial charge in [0.25, 0.3) is 0 Å². The molecule has 1 atom stereocenters. The number of rotatable bonds is 2. The topological polar surface area (TPSA) is 76.5 Å². The molecule has 1 aromatic rings. The molecule has 2 rings (SSSR count). The lowest BCUT2D eigenvalue weighted by molar-refractivity contribution is -0.166. The summed E-state index contributed by atoms with van der Waals surface area (Å²) >= 11 is 0. The zero-order valence-electron chi connectivity index (χ0n) is 11.5. The molecular weight excluding hydrogens is 246 g/mol. The molecule has 0 spiro atoms. The second-order valence-corrected chi connectivity index (χ2v) is 5.10. The van der Waals surface area contributed by atoms with Crippen LogP contribution in [-0.4, -0.2) is 29.1 Å². The Kier molecular flexibility index (Phi) is 3.08. The van der Waals surface area contributed by atoms with E-state index in [9.17, 15) is 14.7 Å². The van der Waals surface area contributed by atoms with E-state index in [4.69, 9.17) is 4.74 Å². The standard InChI is InChI=1S/C14H17NO4/c1-7-8(2)15-9(3)11-6-14(12(16)17,5-10(7)11)13(18)19-4/h5-6H2,1-4H3,(H,16,17). The highest BCUT2D eigenvalue weighted by atomic mass is 16.5. The molecule has 5 nitrogen and oxygen atoms in total. The fraction of sp³-hybridized carbons (Fsp3) is 0.500. The van der Waals surface area contributed by atoms with Gasteiger partial charge in [0.2, 0.25) is 0 Å². The number of esters is 1. The first-order valence-corrected chi connectivity index (χ1v) is 6.11. The summed E-state index contributed by atoms with van der Waals surface area (Å²) in [7, 11) is 1.22. The lowest BCUT2D eigenvalue weighted by Gasteiger charge is -2.20. The summed E-state index contributed by atoms with van der Waals surface area (Å²) in [6, 6.07) is 0. The number of methoxy groups -OCH3 is 1. The highest BCUT2D eigenvalue weighted by Gasteiger charge is 2.52. The minimum absolute atomic E-state index is 0.157. The average molecular weight is 263 g/mol. The molecule has 1 heterocycles. The number of hydrogen-bond acceptors (Lipinski definition) is 4. The summed E-state index contributed by atoms with van der Waals surface area (Å²) < 4.78 is 4.70. The van der Waals surface area contributed by atoms with Crippen molar-refractivity contribution in [2.45, 2.75) is 33.6 Å². The zero-order valence-corrected chi connectivity index (χ0v) is 11.5. The number of nitrogens with zero attached hydrogens (tertiary/aromatic N) is 1. The van der Waals surface area contributed by atoms with Gasteiger partial charge in [-0.05, 0) is 37.5 Å². The van der Waals surface area contributed by atoms with Gasteiger partial charge < -0.3 is 9.84 Å². The summed E-state index contributed by atoms with van der Waals surface area (Å²) in [5, 5.41) is 9.47. The molecule has 102 valence electrons. The van der Waals surface area contributed by atoms with Gasteiger partial charge in [-0.15, -0.1) is 0 Å². The van der Waals surface area contributed by atoms with Crippen LogP contribution in [0, 0.1) is 26.2 Å². The van der Waals surface area contributed by atoms with Crippen molar-refractivity contribution in [1.29, 1.82) is 0 Å². The number of carbonyl (C=O) groups excluding carboxylic acids is 1. The van der Waals surface area contributed by atoms with Crippen LogP contribution in [-0.2, 0) is 27.2 Å². The third kappa shape index (κ3) is 1.80. The van der Waals surface area contributed by atoms with Gasteiger partial charge in [-0.1, -0.05) is 0 Å². The smallest absolute Gasteiger partial charge is 0.323 e. The summed E-state index contributed by atoms with van der Waals surface area (Å²) in [6.45, 7) is 5.65. The van der Waals surface area contributed by atoms with Crippen molar-refractivity contribution in [1.82, 2.24) is 4.98 Å². The number of ether oxygens (including phenoxy) is 1. The van der Waals surface area contributed by atoms with Gasteiger partial charge in [0, 0.05) is 24.2 Å². The molecule has 5 heteroatoms. The predicted molar refractivity (Wildman–Crippen MR) is 67.9 cm³/mol. The van der Waals surface area contributed by atoms with E-state index < -0.39 is 17.4 Å². The van der Waals surface area contributed by atoms with Crippen LogP contribution >= 0.6 is 0 Å². The second kappa shape index (κ2) is 4.33. The van der Waals surface area contributed by atoms with E-state index in [1.54, 1.807) is 0 Å². The number of hydrogen-bond donors (Lipinski definition) is 1. The second-order valence-electron chi connectivity index (χ2n) is 5.10. The maximum absolute atomic E-state index is 11.9. The molecule has 0 radical (unpaired) electrons. The number of carboxylic acids is 1. The molecule has 0 fully saturated rings. The minimum Gasteiger partial charge on any atom is -0.480 e. The van der Waals surface area contributed by atoms with E-state index in [2.05, 4.69) is 4.98 Å². The Morgan fingerprint density at radius 1 is 1.16 bits per heavy atom. The molecular formula is C14H17NO4. The van der Waals surface area contributed by atoms with E-state index in [0.717, 1.165) is 28.1 Å². The molecule has 0 saturated heterocycles. The largest absolute Gasteiger partial charge is 0.480 e. The fourth-order valence-corrected chi connectivity index (χ4v) is 2.78. The van der Waals surface area contributed by atoms with Crippen LogP contribution in [0.3, 0.4) is 0 Å². The van der Waals surface area contributed by atoms with E-state index in [-0.39, 0.29) is 12.8 Å². The fourth-order valence-electron chi connectivity index (χ4n) is 2.78. The van der Waals surface area contributed by atoms with Crippen molar-refractivity contribution >= 4 is 11.9 Å². The summed E-state index contributed by atoms with van der Waals surface area (Å²) in [4.78, 5) is 27.9. The van der Waals surface area contributed by atoms with E-state index >= 15 is 0 Å². The van der Waals surface area contributed by atoms with Crippen LogP contribution < -0.4 is 0 Å². The van der Waals surface area contributed by atoms with Crippen molar-refractivity contribution < 1.29 is 19.4 Å². The van der Waals surface area contributed by atoms with Gasteiger partial charge >= 0.3 is 11.9 Å². The number of carbonyl (C=O) groups is 2. The first-order valence-electron chi connectivity index (χ1n) is 6.11. The number of aliphatic carboxylic acids is 1. The van der Waals surface area contributed by atoms with Gasteiger partial charge in [-0.2, -0.15) is 0 Å². The maximum Gasteiger partial charge on any atom is 0.323 e. The van der Waals surface area contributed by atoms with Gasteiger partial charge in [0.1, 0.15) is 0 Å². The molecule has 0 amide bonds. The van der Waals surface area contributed by atoms with E-state index in [1.165, 1.54) is 7.11 Å². The first kappa shape index (κ1) is 13.5. The SMILES string of the molecule is COC(=O)C1(C(=O)O)Cc2c(C)nc(C)c(C)c2C1. The van der Waals surface area contributed by atoms with Crippen LogP contribution in [0.25, 0.3) is 0 Å². The lowest BCUT2D eigenvalue weighted by atomic mass is 9.84. The van der Waals surface area contributed by atoms with Crippen LogP contribution in [0.1, 0.15) is 28.1 Å². The third-order valence-corrected chi connectivity index (χ3v) is 4.07. The Bertz CT molecular complexity index is 579. The van der Waals surface area contributed by atoms with Crippen molar-refractivity contribution in [2.75, 3.05) is 7.11 Å². The zero-order chi connectivity index (χ0) is 14.4. The van der Waals surface area contributed by atoms with Gasteiger partial charge in [0.05, 0.1) is 7.11 Å². The van der Waals surface area contributed by atoms with Crippen LogP contribution in [0.5, 0.6) is 0 Å². The number of aryl methyl sites for hydroxylation is 2. The molecule has 19 heavy (non-hydrogen) atoms. The summed E-state index contributed by atoms with van der Waals surface area (Å²) in [6.07, 6.45) is 0.338. The van der Waals surface area contributed by atoms with E-state index in [0.29, 0.717) is 0 Å². The highest BCUT2D eigenvalue weighted by molar-refractivity contribution is 6.00. The number of carboxylic acid groups (broad SMARTS) is 1. The molecule has 1 unspecified atom stereocenters. The Hall–Kier alpha value is -1.91. The Balaban J connectivity index is 2.60. The average Bonchev–Trinajstić information content (AvgIpc) is 2.77. The third-order valence-electron chi connectivity index (χ3n) is 4.07. The number of fused-ring (bicyclic) bond motifs is 1.